The van der Waals surface area contributed by atoms with Crippen molar-refractivity contribution in [2.45, 2.75) is 38.6 Å². The second-order valence-corrected chi connectivity index (χ2v) is 4.70. The van der Waals surface area contributed by atoms with Crippen LogP contribution < -0.4 is 5.32 Å². The highest BCUT2D eigenvalue weighted by atomic mass is 16.4. The summed E-state index contributed by atoms with van der Waals surface area (Å²) in [5.74, 6) is -0.274. The van der Waals surface area contributed by atoms with Crippen LogP contribution in [0.1, 0.15) is 43.0 Å². The smallest absolute Gasteiger partial charge is 0.339 e. The predicted molar refractivity (Wildman–Crippen MR) is 66.2 cm³/mol. The molecule has 2 rings (SSSR count). The van der Waals surface area contributed by atoms with Crippen molar-refractivity contribution in [1.82, 2.24) is 4.98 Å². The van der Waals surface area contributed by atoms with E-state index in [2.05, 4.69) is 17.2 Å². The van der Waals surface area contributed by atoms with Gasteiger partial charge in [-0.2, -0.15) is 0 Å². The van der Waals surface area contributed by atoms with Crippen molar-refractivity contribution in [1.29, 1.82) is 0 Å². The quantitative estimate of drug-likeness (QED) is 0.840. The topological polar surface area (TPSA) is 62.2 Å². The molecule has 17 heavy (non-hydrogen) atoms. The largest absolute Gasteiger partial charge is 0.478 e. The molecule has 1 aromatic rings. The van der Waals surface area contributed by atoms with Crippen LogP contribution in [-0.4, -0.2) is 22.1 Å². The molecule has 0 saturated heterocycles. The molecule has 4 heteroatoms. The van der Waals surface area contributed by atoms with E-state index in [1.807, 2.05) is 0 Å². The van der Waals surface area contributed by atoms with Crippen LogP contribution in [0.4, 0.5) is 5.69 Å². The highest BCUT2D eigenvalue weighted by Crippen LogP contribution is 2.29. The summed E-state index contributed by atoms with van der Waals surface area (Å²) < 4.78 is 0. The average Bonchev–Trinajstić information content (AvgIpc) is 2.83. The van der Waals surface area contributed by atoms with Gasteiger partial charge in [0.25, 0.3) is 0 Å². The maximum absolute atomic E-state index is 11.0. The van der Waals surface area contributed by atoms with Gasteiger partial charge >= 0.3 is 5.97 Å². The number of aromatic carboxylic acids is 1. The van der Waals surface area contributed by atoms with Crippen LogP contribution in [-0.2, 0) is 0 Å². The number of nitrogens with one attached hydrogen (secondary N) is 1. The summed E-state index contributed by atoms with van der Waals surface area (Å²) >= 11 is 0. The Kier molecular flexibility index (Phi) is 3.61. The summed E-state index contributed by atoms with van der Waals surface area (Å²) in [4.78, 5) is 14.9. The second kappa shape index (κ2) is 5.17. The highest BCUT2D eigenvalue weighted by molar-refractivity contribution is 5.93. The first-order chi connectivity index (χ1) is 8.18. The van der Waals surface area contributed by atoms with Gasteiger partial charge in [0.05, 0.1) is 5.69 Å². The lowest BCUT2D eigenvalue weighted by Gasteiger charge is -2.22. The van der Waals surface area contributed by atoms with Gasteiger partial charge in [-0.25, -0.2) is 4.79 Å². The van der Waals surface area contributed by atoms with Gasteiger partial charge < -0.3 is 10.4 Å². The van der Waals surface area contributed by atoms with E-state index in [9.17, 15) is 4.79 Å². The lowest BCUT2D eigenvalue weighted by molar-refractivity contribution is 0.0697. The first-order valence-corrected chi connectivity index (χ1v) is 6.12. The maximum atomic E-state index is 11.0. The molecular formula is C13H18N2O2. The molecule has 92 valence electrons. The number of pyridine rings is 1. The minimum Gasteiger partial charge on any atom is -0.478 e. The van der Waals surface area contributed by atoms with Crippen molar-refractivity contribution in [3.63, 3.8) is 0 Å². The van der Waals surface area contributed by atoms with Crippen LogP contribution in [0.25, 0.3) is 0 Å². The summed E-state index contributed by atoms with van der Waals surface area (Å²) in [7, 11) is 0. The normalized spacial score (nSPS) is 17.9. The SMILES string of the molecule is CC(Nc1ccncc1C(=O)O)C1CCCC1. The number of aromatic nitrogens is 1. The van der Waals surface area contributed by atoms with Crippen LogP contribution in [0.3, 0.4) is 0 Å². The van der Waals surface area contributed by atoms with Gasteiger partial charge in [0.1, 0.15) is 5.56 Å². The Morgan fingerprint density at radius 2 is 2.24 bits per heavy atom. The molecule has 1 aliphatic rings. The fraction of sp³-hybridized carbons (Fsp3) is 0.538. The lowest BCUT2D eigenvalue weighted by atomic mass is 9.99. The Labute approximate surface area is 101 Å². The van der Waals surface area contributed by atoms with Crippen LogP contribution in [0.5, 0.6) is 0 Å². The molecule has 1 heterocycles. The monoisotopic (exact) mass is 234 g/mol. The zero-order valence-electron chi connectivity index (χ0n) is 10.0. The summed E-state index contributed by atoms with van der Waals surface area (Å²) in [5.41, 5.74) is 0.921. The van der Waals surface area contributed by atoms with Gasteiger partial charge in [0, 0.05) is 18.4 Å². The molecule has 1 saturated carbocycles. The van der Waals surface area contributed by atoms with Crippen molar-refractivity contribution in [3.05, 3.63) is 24.0 Å². The number of carboxylic acid groups (broad SMARTS) is 1. The van der Waals surface area contributed by atoms with E-state index >= 15 is 0 Å². The molecule has 1 aliphatic carbocycles. The van der Waals surface area contributed by atoms with Gasteiger partial charge in [0.2, 0.25) is 0 Å². The summed E-state index contributed by atoms with van der Waals surface area (Å²) in [6.07, 6.45) is 8.07. The van der Waals surface area contributed by atoms with Gasteiger partial charge in [-0.3, -0.25) is 4.98 Å². The van der Waals surface area contributed by atoms with Crippen LogP contribution in [0, 0.1) is 5.92 Å². The first kappa shape index (κ1) is 11.9. The summed E-state index contributed by atoms with van der Waals surface area (Å²) in [6, 6.07) is 2.05. The number of hydrogen-bond acceptors (Lipinski definition) is 3. The molecular weight excluding hydrogens is 216 g/mol. The van der Waals surface area contributed by atoms with Gasteiger partial charge in [-0.15, -0.1) is 0 Å². The van der Waals surface area contributed by atoms with E-state index in [0.717, 1.165) is 0 Å². The number of carbonyl (C=O) groups is 1. The zero-order valence-corrected chi connectivity index (χ0v) is 10.0. The van der Waals surface area contributed by atoms with Gasteiger partial charge in [-0.05, 0) is 31.7 Å². The molecule has 1 fully saturated rings. The fourth-order valence-corrected chi connectivity index (χ4v) is 2.51. The van der Waals surface area contributed by atoms with Crippen molar-refractivity contribution in [2.24, 2.45) is 5.92 Å². The first-order valence-electron chi connectivity index (χ1n) is 6.12. The average molecular weight is 234 g/mol. The molecule has 1 aromatic heterocycles. The lowest BCUT2D eigenvalue weighted by Crippen LogP contribution is -2.25. The third-order valence-electron chi connectivity index (χ3n) is 3.54. The third kappa shape index (κ3) is 2.75. The number of hydrogen-bond donors (Lipinski definition) is 2. The fourth-order valence-electron chi connectivity index (χ4n) is 2.51. The summed E-state index contributed by atoms with van der Waals surface area (Å²) in [5, 5.41) is 12.4. The third-order valence-corrected chi connectivity index (χ3v) is 3.54. The van der Waals surface area contributed by atoms with Gasteiger partial charge in [-0.1, -0.05) is 12.8 Å². The molecule has 4 nitrogen and oxygen atoms in total. The molecule has 2 N–H and O–H groups in total. The van der Waals surface area contributed by atoms with Gasteiger partial charge in [0.15, 0.2) is 0 Å². The Morgan fingerprint density at radius 1 is 1.53 bits per heavy atom. The number of nitrogens with zero attached hydrogens (tertiary/aromatic N) is 1. The molecule has 0 spiro atoms. The standard InChI is InChI=1S/C13H18N2O2/c1-9(10-4-2-3-5-10)15-12-6-7-14-8-11(12)13(16)17/h6-10H,2-5H2,1H3,(H,14,15)(H,16,17). The van der Waals surface area contributed by atoms with E-state index in [-0.39, 0.29) is 5.56 Å². The van der Waals surface area contributed by atoms with E-state index in [0.29, 0.717) is 17.6 Å². The van der Waals surface area contributed by atoms with E-state index in [1.165, 1.54) is 31.9 Å². The minimum absolute atomic E-state index is 0.248. The van der Waals surface area contributed by atoms with Crippen molar-refractivity contribution < 1.29 is 9.90 Å². The Morgan fingerprint density at radius 3 is 2.88 bits per heavy atom. The molecule has 1 unspecified atom stereocenters. The molecule has 0 aliphatic heterocycles. The highest BCUT2D eigenvalue weighted by Gasteiger charge is 2.22. The number of anilines is 1. The molecule has 1 atom stereocenters. The van der Waals surface area contributed by atoms with Crippen molar-refractivity contribution in [2.75, 3.05) is 5.32 Å². The maximum Gasteiger partial charge on any atom is 0.339 e. The Balaban J connectivity index is 2.09. The zero-order chi connectivity index (χ0) is 12.3. The van der Waals surface area contributed by atoms with E-state index in [4.69, 9.17) is 5.11 Å². The van der Waals surface area contributed by atoms with Crippen molar-refractivity contribution in [3.8, 4) is 0 Å². The van der Waals surface area contributed by atoms with E-state index < -0.39 is 5.97 Å². The second-order valence-electron chi connectivity index (χ2n) is 4.70. The van der Waals surface area contributed by atoms with E-state index in [1.54, 1.807) is 12.3 Å². The molecule has 0 bridgehead atoms. The summed E-state index contributed by atoms with van der Waals surface area (Å²) in [6.45, 7) is 2.13. The molecule has 0 aromatic carbocycles. The van der Waals surface area contributed by atoms with Crippen LogP contribution in [0.15, 0.2) is 18.5 Å². The number of rotatable bonds is 4. The van der Waals surface area contributed by atoms with Crippen LogP contribution in [0.2, 0.25) is 0 Å². The predicted octanol–water partition coefficient (Wildman–Crippen LogP) is 2.77. The molecule has 0 amide bonds. The minimum atomic E-state index is -0.931. The Hall–Kier alpha value is -1.58. The molecule has 0 radical (unpaired) electrons. The Bertz CT molecular complexity index is 400. The van der Waals surface area contributed by atoms with Crippen LogP contribution >= 0.6 is 0 Å². The number of carboxylic acids is 1. The van der Waals surface area contributed by atoms with Crippen molar-refractivity contribution >= 4 is 11.7 Å².